The van der Waals surface area contributed by atoms with Gasteiger partial charge in [-0.15, -0.1) is 0 Å². The smallest absolute Gasteiger partial charge is 0.0620 e. The summed E-state index contributed by atoms with van der Waals surface area (Å²) >= 11 is 4.64. The molecular formula is C46H47BrOsP2+. The zero-order chi connectivity index (χ0) is 35.7. The van der Waals surface area contributed by atoms with Crippen LogP contribution in [-0.2, 0) is 16.6 Å². The van der Waals surface area contributed by atoms with Crippen LogP contribution < -0.4 is 31.8 Å². The van der Waals surface area contributed by atoms with Gasteiger partial charge in [-0.05, 0) is 72.8 Å². The molecule has 7 aromatic rings. The molecule has 50 heavy (non-hydrogen) atoms. The van der Waals surface area contributed by atoms with Crippen LogP contribution in [0.25, 0.3) is 0 Å². The van der Waals surface area contributed by atoms with Crippen molar-refractivity contribution in [1.29, 1.82) is 0 Å². The first-order valence-electron chi connectivity index (χ1n) is 16.8. The molecule has 0 N–H and O–H groups in total. The second kappa shape index (κ2) is 21.1. The molecule has 0 spiro atoms. The topological polar surface area (TPSA) is 0 Å². The van der Waals surface area contributed by atoms with Crippen LogP contribution in [0, 0.1) is 34.6 Å². The van der Waals surface area contributed by atoms with Crippen molar-refractivity contribution in [2.75, 3.05) is 0 Å². The van der Waals surface area contributed by atoms with E-state index in [1.54, 1.807) is 16.6 Å². The van der Waals surface area contributed by atoms with Crippen molar-refractivity contribution in [2.45, 2.75) is 34.6 Å². The summed E-state index contributed by atoms with van der Waals surface area (Å²) < 4.78 is 0. The van der Waals surface area contributed by atoms with Gasteiger partial charge in [0.05, 0.1) is 15.8 Å². The summed E-state index contributed by atoms with van der Waals surface area (Å²) in [5, 5.41) is 8.61. The predicted molar refractivity (Wildman–Crippen MR) is 228 cm³/mol. The average Bonchev–Trinajstić information content (AvgIpc) is 3.36. The number of benzene rings is 6. The minimum absolute atomic E-state index is 0.877. The molecule has 7 rings (SSSR count). The quantitative estimate of drug-likeness (QED) is 0.115. The van der Waals surface area contributed by atoms with Gasteiger partial charge in [-0.1, -0.05) is 144 Å². The Hall–Kier alpha value is -3.35. The van der Waals surface area contributed by atoms with E-state index in [1.165, 1.54) is 59.6 Å². The van der Waals surface area contributed by atoms with Crippen LogP contribution in [0.1, 0.15) is 27.8 Å². The van der Waals surface area contributed by atoms with Crippen molar-refractivity contribution in [1.82, 2.24) is 0 Å². The molecule has 0 unspecified atom stereocenters. The first kappa shape index (κ1) is 39.4. The molecule has 0 heterocycles. The van der Waals surface area contributed by atoms with Crippen molar-refractivity contribution in [2.24, 2.45) is 0 Å². The Morgan fingerprint density at radius 2 is 0.500 bits per heavy atom. The van der Waals surface area contributed by atoms with Gasteiger partial charge in [0, 0.05) is 0 Å². The maximum Gasteiger partial charge on any atom is 0.102 e. The fourth-order valence-corrected chi connectivity index (χ4v) is 11.2. The SMILES string of the molecule is Cc1c(C)c(C)[c-](C)c1C.[Br][Os].c1ccc([PH+](c2ccccc2)c2ccccc2)cc1.c1ccc([PH+](c2ccccc2)c2ccccc2)cc1. The van der Waals surface area contributed by atoms with E-state index in [-0.39, 0.29) is 0 Å². The van der Waals surface area contributed by atoms with Crippen LogP contribution in [-0.4, -0.2) is 0 Å². The van der Waals surface area contributed by atoms with E-state index in [2.05, 4.69) is 230 Å². The summed E-state index contributed by atoms with van der Waals surface area (Å²) in [5.41, 5.74) is 7.34. The molecule has 0 aliphatic heterocycles. The molecule has 0 fully saturated rings. The third-order valence-electron chi connectivity index (χ3n) is 9.19. The van der Waals surface area contributed by atoms with Gasteiger partial charge in [-0.25, -0.2) is 0 Å². The van der Waals surface area contributed by atoms with Gasteiger partial charge in [0.2, 0.25) is 0 Å². The number of hydrogen-bond acceptors (Lipinski definition) is 0. The van der Waals surface area contributed by atoms with Crippen molar-refractivity contribution in [3.8, 4) is 0 Å². The van der Waals surface area contributed by atoms with E-state index in [4.69, 9.17) is 0 Å². The Balaban J connectivity index is 0.000000172. The van der Waals surface area contributed by atoms with Crippen LogP contribution in [0.4, 0.5) is 0 Å². The molecule has 0 saturated heterocycles. The summed E-state index contributed by atoms with van der Waals surface area (Å²) in [6, 6.07) is 65.0. The van der Waals surface area contributed by atoms with Gasteiger partial charge < -0.3 is 0 Å². The zero-order valence-corrected chi connectivity index (χ0v) is 35.7. The van der Waals surface area contributed by atoms with E-state index in [9.17, 15) is 0 Å². The average molecular weight is 932 g/mol. The molecule has 0 aromatic heterocycles. The molecule has 0 bridgehead atoms. The summed E-state index contributed by atoms with van der Waals surface area (Å²) in [6.07, 6.45) is 0. The predicted octanol–water partition coefficient (Wildman–Crippen LogP) is 10.1. The molecule has 4 heteroatoms. The van der Waals surface area contributed by atoms with Gasteiger partial charge in [-0.2, -0.15) is 27.8 Å². The van der Waals surface area contributed by atoms with Gasteiger partial charge in [0.15, 0.2) is 0 Å². The van der Waals surface area contributed by atoms with Crippen molar-refractivity contribution >= 4 is 61.2 Å². The number of hydrogen-bond donors (Lipinski definition) is 0. The van der Waals surface area contributed by atoms with Crippen molar-refractivity contribution in [3.63, 3.8) is 0 Å². The molecule has 0 aliphatic rings. The van der Waals surface area contributed by atoms with Gasteiger partial charge in [-0.3, -0.25) is 0 Å². The molecule has 0 atom stereocenters. The third kappa shape index (κ3) is 10.8. The molecule has 0 amide bonds. The Bertz CT molecular complexity index is 1560. The Morgan fingerprint density at radius 3 is 0.620 bits per heavy atom. The fraction of sp³-hybridized carbons (Fsp3) is 0.109. The summed E-state index contributed by atoms with van der Waals surface area (Å²) in [6.45, 7) is 11.0. The van der Waals surface area contributed by atoms with Crippen LogP contribution in [0.2, 0.25) is 0 Å². The fourth-order valence-electron chi connectivity index (χ4n) is 6.04. The van der Waals surface area contributed by atoms with Gasteiger partial charge >= 0.3 is 30.2 Å². The standard InChI is InChI=1S/2C18H15P.C10H15.BrH.Os/c2*1-4-10-16(11-5-1)19(17-12-6-2-7-13-17)18-14-8-3-9-15-18;1-6-7(2)9(4)10(5)8(6)3;;/h2*1-15H;1-5H3;1H;/q;;-1;;+1/p+1. The van der Waals surface area contributed by atoms with E-state index in [1.807, 2.05) is 0 Å². The molecule has 7 aromatic carbocycles. The van der Waals surface area contributed by atoms with Gasteiger partial charge in [0.25, 0.3) is 0 Å². The maximum absolute atomic E-state index is 2.97. The van der Waals surface area contributed by atoms with E-state index < -0.39 is 15.8 Å². The van der Waals surface area contributed by atoms with Gasteiger partial charge in [0.1, 0.15) is 31.8 Å². The summed E-state index contributed by atoms with van der Waals surface area (Å²) in [7, 11) is -1.75. The first-order chi connectivity index (χ1) is 24.5. The molecule has 0 radical (unpaired) electrons. The first-order valence-corrected chi connectivity index (χ1v) is 25.4. The Kier molecular flexibility index (Phi) is 16.7. The minimum atomic E-state index is -0.877. The Morgan fingerprint density at radius 1 is 0.340 bits per heavy atom. The monoisotopic (exact) mass is 932 g/mol. The molecule has 255 valence electrons. The molecule has 0 nitrogen and oxygen atoms in total. The number of rotatable bonds is 6. The van der Waals surface area contributed by atoms with E-state index >= 15 is 0 Å². The number of halogens is 1. The second-order valence-electron chi connectivity index (χ2n) is 12.1. The van der Waals surface area contributed by atoms with Crippen molar-refractivity contribution in [3.05, 3.63) is 210 Å². The largest absolute Gasteiger partial charge is 0.102 e. The minimum Gasteiger partial charge on any atom is -0.0620 e. The molecular weight excluding hydrogens is 885 g/mol. The van der Waals surface area contributed by atoms with E-state index in [0.29, 0.717) is 0 Å². The van der Waals surface area contributed by atoms with Crippen molar-refractivity contribution < 1.29 is 16.6 Å². The van der Waals surface area contributed by atoms with Crippen LogP contribution >= 0.6 is 29.4 Å². The maximum atomic E-state index is 2.97. The molecule has 0 saturated carbocycles. The third-order valence-corrected chi connectivity index (χ3v) is 14.7. The Labute approximate surface area is 320 Å². The zero-order valence-electron chi connectivity index (χ0n) is 29.6. The summed E-state index contributed by atoms with van der Waals surface area (Å²) in [4.78, 5) is 0. The van der Waals surface area contributed by atoms with Crippen LogP contribution in [0.3, 0.4) is 0 Å². The van der Waals surface area contributed by atoms with E-state index in [0.717, 1.165) is 0 Å². The summed E-state index contributed by atoms with van der Waals surface area (Å²) in [5.74, 6) is 0. The van der Waals surface area contributed by atoms with Crippen LogP contribution in [0.5, 0.6) is 0 Å². The van der Waals surface area contributed by atoms with Crippen LogP contribution in [0.15, 0.2) is 182 Å². The molecule has 0 aliphatic carbocycles. The second-order valence-corrected chi connectivity index (χ2v) is 17.0. The normalized spacial score (nSPS) is 10.3.